The molecule has 1 saturated heterocycles. The molecular formula is C17H22N4O3. The van der Waals surface area contributed by atoms with Crippen LogP contribution in [0.2, 0.25) is 0 Å². The highest BCUT2D eigenvalue weighted by atomic mass is 16.5. The van der Waals surface area contributed by atoms with Crippen molar-refractivity contribution in [1.82, 2.24) is 19.7 Å². The number of likely N-dealkylation sites (tertiary alicyclic amines) is 1. The normalized spacial score (nSPS) is 17.1. The van der Waals surface area contributed by atoms with E-state index in [0.717, 1.165) is 36.4 Å². The second kappa shape index (κ2) is 7.33. The Hall–Kier alpha value is -2.57. The van der Waals surface area contributed by atoms with Gasteiger partial charge in [-0.05, 0) is 31.0 Å². The molecule has 1 aromatic carbocycles. The minimum Gasteiger partial charge on any atom is -0.497 e. The molecule has 1 aliphatic heterocycles. The molecule has 0 aliphatic carbocycles. The van der Waals surface area contributed by atoms with Crippen LogP contribution in [0.4, 0.5) is 0 Å². The molecule has 0 saturated carbocycles. The summed E-state index contributed by atoms with van der Waals surface area (Å²) in [6.07, 6.45) is 5.43. The lowest BCUT2D eigenvalue weighted by atomic mass is 10.0. The van der Waals surface area contributed by atoms with Gasteiger partial charge in [-0.1, -0.05) is 0 Å². The third kappa shape index (κ3) is 3.34. The van der Waals surface area contributed by atoms with Crippen molar-refractivity contribution < 1.29 is 14.3 Å². The maximum absolute atomic E-state index is 12.7. The van der Waals surface area contributed by atoms with Crippen molar-refractivity contribution in [2.75, 3.05) is 20.8 Å². The SMILES string of the molecule is COc1ccc(OC)c([C@@H]2CCCN2C(=O)CCn2cncn2)c1. The van der Waals surface area contributed by atoms with Crippen molar-refractivity contribution in [2.45, 2.75) is 31.8 Å². The molecule has 1 aliphatic rings. The molecule has 2 aromatic rings. The van der Waals surface area contributed by atoms with E-state index in [1.807, 2.05) is 23.1 Å². The van der Waals surface area contributed by atoms with Gasteiger partial charge in [-0.3, -0.25) is 9.48 Å². The Kier molecular flexibility index (Phi) is 4.98. The molecule has 1 fully saturated rings. The first-order valence-electron chi connectivity index (χ1n) is 8.06. The molecule has 0 N–H and O–H groups in total. The lowest BCUT2D eigenvalue weighted by Gasteiger charge is -2.26. The van der Waals surface area contributed by atoms with Crippen LogP contribution >= 0.6 is 0 Å². The molecule has 1 atom stereocenters. The average Bonchev–Trinajstić information content (AvgIpc) is 3.30. The highest BCUT2D eigenvalue weighted by Crippen LogP contribution is 2.39. The summed E-state index contributed by atoms with van der Waals surface area (Å²) in [6.45, 7) is 1.30. The number of benzene rings is 1. The quantitative estimate of drug-likeness (QED) is 0.811. The van der Waals surface area contributed by atoms with Crippen LogP contribution in [0.5, 0.6) is 11.5 Å². The van der Waals surface area contributed by atoms with E-state index in [1.165, 1.54) is 6.33 Å². The number of ether oxygens (including phenoxy) is 2. The second-order valence-electron chi connectivity index (χ2n) is 5.76. The number of carbonyl (C=O) groups is 1. The molecule has 0 bridgehead atoms. The number of hydrogen-bond acceptors (Lipinski definition) is 5. The minimum absolute atomic E-state index is 0.0262. The van der Waals surface area contributed by atoms with Crippen LogP contribution in [0.1, 0.15) is 30.9 Å². The summed E-state index contributed by atoms with van der Waals surface area (Å²) in [5.41, 5.74) is 1.00. The first-order chi connectivity index (χ1) is 11.7. The number of hydrogen-bond donors (Lipinski definition) is 0. The number of nitrogens with zero attached hydrogens (tertiary/aromatic N) is 4. The summed E-state index contributed by atoms with van der Waals surface area (Å²) >= 11 is 0. The summed E-state index contributed by atoms with van der Waals surface area (Å²) in [6, 6.07) is 5.75. The van der Waals surface area contributed by atoms with E-state index in [9.17, 15) is 4.79 Å². The van der Waals surface area contributed by atoms with Crippen LogP contribution in [-0.4, -0.2) is 46.3 Å². The van der Waals surface area contributed by atoms with Crippen molar-refractivity contribution in [3.05, 3.63) is 36.4 Å². The van der Waals surface area contributed by atoms with Crippen molar-refractivity contribution in [2.24, 2.45) is 0 Å². The number of carbonyl (C=O) groups excluding carboxylic acids is 1. The Balaban J connectivity index is 1.76. The molecule has 7 heteroatoms. The average molecular weight is 330 g/mol. The summed E-state index contributed by atoms with van der Waals surface area (Å²) in [4.78, 5) is 18.5. The Bertz CT molecular complexity index is 687. The fraction of sp³-hybridized carbons (Fsp3) is 0.471. The van der Waals surface area contributed by atoms with E-state index in [4.69, 9.17) is 9.47 Å². The summed E-state index contributed by atoms with van der Waals surface area (Å²) in [7, 11) is 3.29. The Morgan fingerprint density at radius 2 is 2.21 bits per heavy atom. The standard InChI is InChI=1S/C17H22N4O3/c1-23-13-5-6-16(24-2)14(10-13)15-4-3-8-21(15)17(22)7-9-20-12-18-11-19-20/h5-6,10-12,15H,3-4,7-9H2,1-2H3/t15-/m0/s1. The topological polar surface area (TPSA) is 69.5 Å². The molecule has 1 amide bonds. The monoisotopic (exact) mass is 330 g/mol. The number of aromatic nitrogens is 3. The van der Waals surface area contributed by atoms with Crippen molar-refractivity contribution >= 4 is 5.91 Å². The van der Waals surface area contributed by atoms with E-state index < -0.39 is 0 Å². The van der Waals surface area contributed by atoms with E-state index in [1.54, 1.807) is 25.2 Å². The van der Waals surface area contributed by atoms with E-state index in [-0.39, 0.29) is 11.9 Å². The second-order valence-corrected chi connectivity index (χ2v) is 5.76. The highest BCUT2D eigenvalue weighted by Gasteiger charge is 2.31. The van der Waals surface area contributed by atoms with E-state index in [0.29, 0.717) is 13.0 Å². The lowest BCUT2D eigenvalue weighted by Crippen LogP contribution is -2.31. The van der Waals surface area contributed by atoms with E-state index >= 15 is 0 Å². The van der Waals surface area contributed by atoms with Gasteiger partial charge in [-0.15, -0.1) is 0 Å². The number of rotatable bonds is 6. The van der Waals surface area contributed by atoms with Gasteiger partial charge in [-0.25, -0.2) is 4.98 Å². The van der Waals surface area contributed by atoms with Crippen molar-refractivity contribution in [1.29, 1.82) is 0 Å². The van der Waals surface area contributed by atoms with Gasteiger partial charge in [0.25, 0.3) is 0 Å². The van der Waals surface area contributed by atoms with Crippen molar-refractivity contribution in [3.63, 3.8) is 0 Å². The molecule has 3 rings (SSSR count). The van der Waals surface area contributed by atoms with Crippen LogP contribution in [0.15, 0.2) is 30.9 Å². The molecule has 128 valence electrons. The van der Waals surface area contributed by atoms with Gasteiger partial charge in [-0.2, -0.15) is 5.10 Å². The number of methoxy groups -OCH3 is 2. The summed E-state index contributed by atoms with van der Waals surface area (Å²) < 4.78 is 12.5. The Labute approximate surface area is 141 Å². The zero-order valence-electron chi connectivity index (χ0n) is 14.0. The molecule has 24 heavy (non-hydrogen) atoms. The zero-order chi connectivity index (χ0) is 16.9. The lowest BCUT2D eigenvalue weighted by molar-refractivity contribution is -0.132. The Morgan fingerprint density at radius 3 is 2.92 bits per heavy atom. The molecule has 7 nitrogen and oxygen atoms in total. The van der Waals surface area contributed by atoms with Gasteiger partial charge in [0.05, 0.1) is 26.8 Å². The van der Waals surface area contributed by atoms with Crippen molar-refractivity contribution in [3.8, 4) is 11.5 Å². The number of aryl methyl sites for hydroxylation is 1. The summed E-state index contributed by atoms with van der Waals surface area (Å²) in [5, 5.41) is 4.04. The predicted molar refractivity (Wildman–Crippen MR) is 87.9 cm³/mol. The van der Waals surface area contributed by atoms with Gasteiger partial charge in [0.1, 0.15) is 24.2 Å². The molecule has 0 unspecified atom stereocenters. The Morgan fingerprint density at radius 1 is 1.33 bits per heavy atom. The summed E-state index contributed by atoms with van der Waals surface area (Å²) in [5.74, 6) is 1.68. The van der Waals surface area contributed by atoms with Crippen LogP contribution < -0.4 is 9.47 Å². The maximum Gasteiger partial charge on any atom is 0.224 e. The van der Waals surface area contributed by atoms with Gasteiger partial charge < -0.3 is 14.4 Å². The molecule has 0 spiro atoms. The zero-order valence-corrected chi connectivity index (χ0v) is 14.0. The van der Waals surface area contributed by atoms with Gasteiger partial charge in [0, 0.05) is 18.5 Å². The third-order valence-electron chi connectivity index (χ3n) is 4.39. The van der Waals surface area contributed by atoms with Crippen LogP contribution in [0, 0.1) is 0 Å². The fourth-order valence-corrected chi connectivity index (χ4v) is 3.19. The van der Waals surface area contributed by atoms with E-state index in [2.05, 4.69) is 10.1 Å². The molecule has 0 radical (unpaired) electrons. The first kappa shape index (κ1) is 16.3. The maximum atomic E-state index is 12.7. The molecule has 1 aromatic heterocycles. The van der Waals surface area contributed by atoms with Gasteiger partial charge in [0.15, 0.2) is 0 Å². The number of amides is 1. The van der Waals surface area contributed by atoms with Crippen LogP contribution in [0.3, 0.4) is 0 Å². The molecular weight excluding hydrogens is 308 g/mol. The largest absolute Gasteiger partial charge is 0.497 e. The first-order valence-corrected chi connectivity index (χ1v) is 8.06. The predicted octanol–water partition coefficient (Wildman–Crippen LogP) is 2.05. The van der Waals surface area contributed by atoms with Gasteiger partial charge >= 0.3 is 0 Å². The minimum atomic E-state index is 0.0262. The smallest absolute Gasteiger partial charge is 0.224 e. The third-order valence-corrected chi connectivity index (χ3v) is 4.39. The molecule has 2 heterocycles. The fourth-order valence-electron chi connectivity index (χ4n) is 3.19. The van der Waals surface area contributed by atoms with Crippen LogP contribution in [0.25, 0.3) is 0 Å². The van der Waals surface area contributed by atoms with Crippen LogP contribution in [-0.2, 0) is 11.3 Å². The van der Waals surface area contributed by atoms with Gasteiger partial charge in [0.2, 0.25) is 5.91 Å². The highest BCUT2D eigenvalue weighted by molar-refractivity contribution is 5.77.